The lowest BCUT2D eigenvalue weighted by molar-refractivity contribution is -0.115. The zero-order chi connectivity index (χ0) is 18.0. The zero-order valence-corrected chi connectivity index (χ0v) is 15.6. The average Bonchev–Trinajstić information content (AvgIpc) is 3.01. The Morgan fingerprint density at radius 2 is 1.88 bits per heavy atom. The van der Waals surface area contributed by atoms with E-state index in [1.54, 1.807) is 17.5 Å². The third-order valence-electron chi connectivity index (χ3n) is 3.25. The molecule has 2 aromatic carbocycles. The summed E-state index contributed by atoms with van der Waals surface area (Å²) in [5.74, 6) is -0.627. The fraction of sp³-hybridized carbons (Fsp3) is 0.0588. The molecule has 1 amide bonds. The van der Waals surface area contributed by atoms with Gasteiger partial charge in [0.2, 0.25) is 5.91 Å². The lowest BCUT2D eigenvalue weighted by Crippen LogP contribution is -2.15. The van der Waals surface area contributed by atoms with Gasteiger partial charge in [-0.3, -0.25) is 4.79 Å². The van der Waals surface area contributed by atoms with Gasteiger partial charge in [-0.1, -0.05) is 46.9 Å². The number of hydrogen-bond acceptors (Lipinski definition) is 3. The number of nitrogens with one attached hydrogen (secondary N) is 1. The fourth-order valence-corrected chi connectivity index (χ4v) is 3.53. The first-order chi connectivity index (χ1) is 11.9. The molecule has 8 heteroatoms. The zero-order valence-electron chi connectivity index (χ0n) is 12.5. The summed E-state index contributed by atoms with van der Waals surface area (Å²) in [5, 5.41) is 5.98. The SMILES string of the molecule is O=C(Cc1csc(-c2cccc(F)c2)n1)Nc1cc(Cl)c(Cl)cc1Cl. The highest BCUT2D eigenvalue weighted by Gasteiger charge is 2.12. The Hall–Kier alpha value is -1.66. The van der Waals surface area contributed by atoms with Gasteiger partial charge >= 0.3 is 0 Å². The molecular weight excluding hydrogens is 406 g/mol. The molecule has 1 heterocycles. The number of halogens is 4. The van der Waals surface area contributed by atoms with Crippen LogP contribution in [0.5, 0.6) is 0 Å². The van der Waals surface area contributed by atoms with Crippen molar-refractivity contribution in [2.24, 2.45) is 0 Å². The number of carbonyl (C=O) groups is 1. The van der Waals surface area contributed by atoms with Crippen molar-refractivity contribution in [1.29, 1.82) is 0 Å². The summed E-state index contributed by atoms with van der Waals surface area (Å²) in [4.78, 5) is 16.6. The van der Waals surface area contributed by atoms with E-state index in [9.17, 15) is 9.18 Å². The van der Waals surface area contributed by atoms with Crippen LogP contribution in [0.3, 0.4) is 0 Å². The van der Waals surface area contributed by atoms with E-state index in [1.807, 2.05) is 0 Å². The van der Waals surface area contributed by atoms with E-state index in [0.717, 1.165) is 0 Å². The number of aromatic nitrogens is 1. The molecule has 1 N–H and O–H groups in total. The molecule has 0 saturated carbocycles. The maximum atomic E-state index is 13.3. The van der Waals surface area contributed by atoms with Crippen molar-refractivity contribution in [3.05, 3.63) is 68.4 Å². The third kappa shape index (κ3) is 4.50. The van der Waals surface area contributed by atoms with E-state index < -0.39 is 0 Å². The second-order valence-corrected chi connectivity index (χ2v) is 7.21. The van der Waals surface area contributed by atoms with E-state index in [2.05, 4.69) is 10.3 Å². The number of carbonyl (C=O) groups excluding carboxylic acids is 1. The van der Waals surface area contributed by atoms with Crippen LogP contribution in [0.2, 0.25) is 15.1 Å². The molecule has 3 rings (SSSR count). The lowest BCUT2D eigenvalue weighted by Gasteiger charge is -2.08. The number of rotatable bonds is 4. The predicted molar refractivity (Wildman–Crippen MR) is 101 cm³/mol. The van der Waals surface area contributed by atoms with Crippen molar-refractivity contribution in [3.8, 4) is 10.6 Å². The van der Waals surface area contributed by atoms with Crippen molar-refractivity contribution in [1.82, 2.24) is 4.98 Å². The molecule has 25 heavy (non-hydrogen) atoms. The summed E-state index contributed by atoms with van der Waals surface area (Å²) in [6, 6.07) is 9.10. The normalized spacial score (nSPS) is 10.7. The Bertz CT molecular complexity index is 945. The Balaban J connectivity index is 1.71. The Labute approximate surface area is 162 Å². The van der Waals surface area contributed by atoms with Gasteiger partial charge in [-0.25, -0.2) is 9.37 Å². The quantitative estimate of drug-likeness (QED) is 0.524. The van der Waals surface area contributed by atoms with Gasteiger partial charge in [0.25, 0.3) is 0 Å². The first-order valence-electron chi connectivity index (χ1n) is 7.07. The highest BCUT2D eigenvalue weighted by molar-refractivity contribution is 7.13. The molecule has 3 nitrogen and oxygen atoms in total. The Morgan fingerprint density at radius 1 is 1.12 bits per heavy atom. The molecule has 0 unspecified atom stereocenters. The van der Waals surface area contributed by atoms with E-state index in [0.29, 0.717) is 37.0 Å². The molecule has 3 aromatic rings. The summed E-state index contributed by atoms with van der Waals surface area (Å²) in [6.45, 7) is 0. The van der Waals surface area contributed by atoms with Gasteiger partial charge in [-0.15, -0.1) is 11.3 Å². The minimum Gasteiger partial charge on any atom is -0.324 e. The fourth-order valence-electron chi connectivity index (χ4n) is 2.12. The second kappa shape index (κ2) is 7.70. The van der Waals surface area contributed by atoms with Crippen LogP contribution in [0, 0.1) is 5.82 Å². The molecule has 0 atom stereocenters. The monoisotopic (exact) mass is 414 g/mol. The maximum absolute atomic E-state index is 13.3. The van der Waals surface area contributed by atoms with Crippen molar-refractivity contribution in [2.45, 2.75) is 6.42 Å². The van der Waals surface area contributed by atoms with Gasteiger partial charge in [-0.05, 0) is 24.3 Å². The third-order valence-corrected chi connectivity index (χ3v) is 5.22. The second-order valence-electron chi connectivity index (χ2n) is 5.13. The van der Waals surface area contributed by atoms with Crippen LogP contribution >= 0.6 is 46.1 Å². The number of hydrogen-bond donors (Lipinski definition) is 1. The van der Waals surface area contributed by atoms with E-state index in [4.69, 9.17) is 34.8 Å². The van der Waals surface area contributed by atoms with Crippen molar-refractivity contribution in [3.63, 3.8) is 0 Å². The number of amides is 1. The van der Waals surface area contributed by atoms with Gasteiger partial charge in [0.1, 0.15) is 10.8 Å². The molecule has 0 saturated heterocycles. The molecule has 0 aliphatic rings. The molecule has 0 bridgehead atoms. The molecular formula is C17H10Cl3FN2OS. The molecule has 0 aliphatic carbocycles. The van der Waals surface area contributed by atoms with Gasteiger partial charge in [0, 0.05) is 10.9 Å². The molecule has 0 fully saturated rings. The van der Waals surface area contributed by atoms with Crippen LogP contribution in [-0.2, 0) is 11.2 Å². The first kappa shape index (κ1) is 18.1. The minimum absolute atomic E-state index is 0.0579. The molecule has 1 aromatic heterocycles. The van der Waals surface area contributed by atoms with Gasteiger partial charge in [-0.2, -0.15) is 0 Å². The maximum Gasteiger partial charge on any atom is 0.230 e. The first-order valence-corrected chi connectivity index (χ1v) is 9.08. The van der Waals surface area contributed by atoms with Crippen molar-refractivity contribution in [2.75, 3.05) is 5.32 Å². The van der Waals surface area contributed by atoms with Gasteiger partial charge < -0.3 is 5.32 Å². The number of benzene rings is 2. The van der Waals surface area contributed by atoms with Crippen molar-refractivity contribution >= 4 is 57.7 Å². The topological polar surface area (TPSA) is 42.0 Å². The smallest absolute Gasteiger partial charge is 0.230 e. The summed E-state index contributed by atoms with van der Waals surface area (Å²) in [6.07, 6.45) is 0.0579. The van der Waals surface area contributed by atoms with Crippen molar-refractivity contribution < 1.29 is 9.18 Å². The summed E-state index contributed by atoms with van der Waals surface area (Å²) < 4.78 is 13.3. The van der Waals surface area contributed by atoms with Gasteiger partial charge in [0.05, 0.1) is 32.9 Å². The lowest BCUT2D eigenvalue weighted by atomic mass is 10.2. The Kier molecular flexibility index (Phi) is 5.59. The van der Waals surface area contributed by atoms with Crippen LogP contribution in [0.4, 0.5) is 10.1 Å². The van der Waals surface area contributed by atoms with E-state index in [-0.39, 0.29) is 18.1 Å². The highest BCUT2D eigenvalue weighted by atomic mass is 35.5. The molecule has 0 aliphatic heterocycles. The summed E-state index contributed by atoms with van der Waals surface area (Å²) >= 11 is 19.2. The number of anilines is 1. The van der Waals surface area contributed by atoms with Crippen LogP contribution in [0.1, 0.15) is 5.69 Å². The Morgan fingerprint density at radius 3 is 2.64 bits per heavy atom. The van der Waals surface area contributed by atoms with E-state index >= 15 is 0 Å². The molecule has 0 radical (unpaired) electrons. The van der Waals surface area contributed by atoms with Crippen LogP contribution < -0.4 is 5.32 Å². The average molecular weight is 416 g/mol. The largest absolute Gasteiger partial charge is 0.324 e. The molecule has 0 spiro atoms. The highest BCUT2D eigenvalue weighted by Crippen LogP contribution is 2.32. The predicted octanol–water partition coefficient (Wildman–Crippen LogP) is 6.09. The molecule has 128 valence electrons. The van der Waals surface area contributed by atoms with Crippen LogP contribution in [0.15, 0.2) is 41.8 Å². The summed E-state index contributed by atoms with van der Waals surface area (Å²) in [7, 11) is 0. The minimum atomic E-state index is -0.332. The number of nitrogens with zero attached hydrogens (tertiary/aromatic N) is 1. The van der Waals surface area contributed by atoms with Gasteiger partial charge in [0.15, 0.2) is 0 Å². The van der Waals surface area contributed by atoms with E-state index in [1.165, 1.54) is 35.6 Å². The number of thiazole rings is 1. The van der Waals surface area contributed by atoms with Crippen LogP contribution in [0.25, 0.3) is 10.6 Å². The standard InChI is InChI=1S/C17H10Cl3FN2OS/c18-12-6-14(20)15(7-13(12)19)23-16(24)5-11-8-25-17(22-11)9-2-1-3-10(21)4-9/h1-4,6-8H,5H2,(H,23,24). The summed E-state index contributed by atoms with van der Waals surface area (Å²) in [5.41, 5.74) is 1.63. The van der Waals surface area contributed by atoms with Crippen LogP contribution in [-0.4, -0.2) is 10.9 Å².